The maximum absolute atomic E-state index is 11.9. The van der Waals surface area contributed by atoms with E-state index >= 15 is 0 Å². The molecule has 0 saturated carbocycles. The van der Waals surface area contributed by atoms with E-state index in [4.69, 9.17) is 10.2 Å². The second kappa shape index (κ2) is 7.06. The van der Waals surface area contributed by atoms with Gasteiger partial charge in [0.15, 0.2) is 5.17 Å². The number of fused-ring (bicyclic) bond motifs is 3. The third-order valence-corrected chi connectivity index (χ3v) is 4.93. The van der Waals surface area contributed by atoms with Gasteiger partial charge in [-0.15, -0.1) is 0 Å². The van der Waals surface area contributed by atoms with Crippen molar-refractivity contribution in [2.45, 2.75) is 5.75 Å². The van der Waals surface area contributed by atoms with Crippen molar-refractivity contribution in [2.75, 3.05) is 0 Å². The zero-order valence-corrected chi connectivity index (χ0v) is 14.7. The summed E-state index contributed by atoms with van der Waals surface area (Å²) in [5.74, 6) is 0.540. The van der Waals surface area contributed by atoms with Gasteiger partial charge in [0.25, 0.3) is 0 Å². The van der Waals surface area contributed by atoms with Crippen LogP contribution in [-0.2, 0) is 5.75 Å². The van der Waals surface area contributed by atoms with E-state index in [2.05, 4.69) is 4.99 Å². The molecule has 0 saturated heterocycles. The molecule has 0 aliphatic rings. The van der Waals surface area contributed by atoms with Crippen molar-refractivity contribution in [3.8, 4) is 0 Å². The van der Waals surface area contributed by atoms with Crippen LogP contribution in [-0.4, -0.2) is 5.17 Å². The normalized spacial score (nSPS) is 11.9. The summed E-state index contributed by atoms with van der Waals surface area (Å²) in [7, 11) is 0. The van der Waals surface area contributed by atoms with Crippen LogP contribution >= 0.6 is 11.8 Å². The van der Waals surface area contributed by atoms with Gasteiger partial charge in [-0.3, -0.25) is 0 Å². The van der Waals surface area contributed by atoms with Gasteiger partial charge in [0.2, 0.25) is 0 Å². The molecule has 26 heavy (non-hydrogen) atoms. The molecule has 0 bridgehead atoms. The molecule has 0 aliphatic heterocycles. The Labute approximate surface area is 154 Å². The first kappa shape index (κ1) is 16.4. The molecule has 0 fully saturated rings. The first-order chi connectivity index (χ1) is 12.7. The zero-order valence-electron chi connectivity index (χ0n) is 13.9. The van der Waals surface area contributed by atoms with Gasteiger partial charge in [-0.25, -0.2) is 9.79 Å². The van der Waals surface area contributed by atoms with Crippen molar-refractivity contribution in [2.24, 2.45) is 10.7 Å². The van der Waals surface area contributed by atoms with Crippen LogP contribution in [0.2, 0.25) is 0 Å². The molecule has 0 amide bonds. The standard InChI is InChI=1S/C21H16N2O2S/c22-21(23-16-7-2-1-3-8-16)26-13-15-12-19(24)25-18-11-10-14-6-4-5-9-17(14)20(15)18/h1-12H,13H2,(H2,22,23). The molecule has 2 N–H and O–H groups in total. The zero-order chi connectivity index (χ0) is 17.9. The smallest absolute Gasteiger partial charge is 0.336 e. The Hall–Kier alpha value is -3.05. The molecule has 128 valence electrons. The van der Waals surface area contributed by atoms with E-state index in [0.29, 0.717) is 16.5 Å². The third kappa shape index (κ3) is 3.34. The van der Waals surface area contributed by atoms with E-state index in [-0.39, 0.29) is 5.63 Å². The maximum Gasteiger partial charge on any atom is 0.336 e. The van der Waals surface area contributed by atoms with Crippen LogP contribution in [0.1, 0.15) is 5.56 Å². The Balaban J connectivity index is 1.73. The van der Waals surface area contributed by atoms with E-state index in [9.17, 15) is 4.79 Å². The maximum atomic E-state index is 11.9. The fraction of sp³-hybridized carbons (Fsp3) is 0.0476. The first-order valence-electron chi connectivity index (χ1n) is 8.17. The summed E-state index contributed by atoms with van der Waals surface area (Å²) in [6, 6.07) is 23.0. The predicted molar refractivity (Wildman–Crippen MR) is 109 cm³/mol. The topological polar surface area (TPSA) is 68.6 Å². The summed E-state index contributed by atoms with van der Waals surface area (Å²) >= 11 is 1.40. The Bertz CT molecular complexity index is 1170. The Morgan fingerprint density at radius 1 is 1.00 bits per heavy atom. The van der Waals surface area contributed by atoms with Crippen molar-refractivity contribution >= 4 is 44.4 Å². The summed E-state index contributed by atoms with van der Waals surface area (Å²) in [6.45, 7) is 0. The summed E-state index contributed by atoms with van der Waals surface area (Å²) in [5, 5.41) is 3.56. The fourth-order valence-electron chi connectivity index (χ4n) is 2.95. The van der Waals surface area contributed by atoms with Crippen molar-refractivity contribution in [3.63, 3.8) is 0 Å². The molecule has 0 spiro atoms. The van der Waals surface area contributed by atoms with Gasteiger partial charge in [-0.1, -0.05) is 60.3 Å². The van der Waals surface area contributed by atoms with Crippen LogP contribution in [0.3, 0.4) is 0 Å². The van der Waals surface area contributed by atoms with Gasteiger partial charge >= 0.3 is 5.63 Å². The van der Waals surface area contributed by atoms with Crippen molar-refractivity contribution in [1.29, 1.82) is 0 Å². The monoisotopic (exact) mass is 360 g/mol. The highest BCUT2D eigenvalue weighted by Gasteiger charge is 2.10. The minimum atomic E-state index is -0.359. The van der Waals surface area contributed by atoms with E-state index in [1.807, 2.05) is 66.7 Å². The van der Waals surface area contributed by atoms with E-state index in [1.54, 1.807) is 0 Å². The largest absolute Gasteiger partial charge is 0.423 e. The molecular weight excluding hydrogens is 344 g/mol. The minimum Gasteiger partial charge on any atom is -0.423 e. The molecule has 4 aromatic rings. The average molecular weight is 360 g/mol. The molecule has 4 nitrogen and oxygen atoms in total. The fourth-order valence-corrected chi connectivity index (χ4v) is 3.65. The van der Waals surface area contributed by atoms with E-state index in [0.717, 1.165) is 27.4 Å². The highest BCUT2D eigenvalue weighted by atomic mass is 32.2. The van der Waals surface area contributed by atoms with Crippen molar-refractivity contribution in [1.82, 2.24) is 0 Å². The lowest BCUT2D eigenvalue weighted by Gasteiger charge is -2.08. The molecule has 0 unspecified atom stereocenters. The number of nitrogens with two attached hydrogens (primary N) is 1. The van der Waals surface area contributed by atoms with Crippen LogP contribution in [0.5, 0.6) is 0 Å². The number of thioether (sulfide) groups is 1. The Morgan fingerprint density at radius 2 is 1.77 bits per heavy atom. The third-order valence-electron chi connectivity index (χ3n) is 4.09. The van der Waals surface area contributed by atoms with Crippen molar-refractivity contribution in [3.05, 3.63) is 88.8 Å². The molecule has 3 aromatic carbocycles. The molecule has 1 heterocycles. The number of aliphatic imine (C=N–C) groups is 1. The number of hydrogen-bond acceptors (Lipinski definition) is 4. The van der Waals surface area contributed by atoms with Gasteiger partial charge in [0.1, 0.15) is 5.58 Å². The van der Waals surface area contributed by atoms with Gasteiger partial charge in [0, 0.05) is 17.2 Å². The van der Waals surface area contributed by atoms with Crippen LogP contribution in [0, 0.1) is 0 Å². The van der Waals surface area contributed by atoms with Gasteiger partial charge in [-0.2, -0.15) is 0 Å². The number of nitrogens with zero attached hydrogens (tertiary/aromatic N) is 1. The summed E-state index contributed by atoms with van der Waals surface area (Å²) in [5.41, 5.74) is 7.99. The molecule has 5 heteroatoms. The van der Waals surface area contributed by atoms with E-state index in [1.165, 1.54) is 17.8 Å². The van der Waals surface area contributed by atoms with Crippen LogP contribution in [0.15, 0.2) is 87.0 Å². The predicted octanol–water partition coefficient (Wildman–Crippen LogP) is 4.83. The molecule has 1 aromatic heterocycles. The Morgan fingerprint density at radius 3 is 2.62 bits per heavy atom. The number of amidine groups is 1. The quantitative estimate of drug-likeness (QED) is 0.246. The first-order valence-corrected chi connectivity index (χ1v) is 9.16. The minimum absolute atomic E-state index is 0.359. The molecule has 0 aliphatic carbocycles. The lowest BCUT2D eigenvalue weighted by Crippen LogP contribution is -2.07. The summed E-state index contributed by atoms with van der Waals surface area (Å²) in [4.78, 5) is 16.3. The van der Waals surface area contributed by atoms with Crippen LogP contribution in [0.4, 0.5) is 5.69 Å². The summed E-state index contributed by atoms with van der Waals surface area (Å²) < 4.78 is 5.39. The number of hydrogen-bond donors (Lipinski definition) is 1. The van der Waals surface area contributed by atoms with Crippen molar-refractivity contribution < 1.29 is 4.42 Å². The lowest BCUT2D eigenvalue weighted by atomic mass is 10.0. The molecule has 0 atom stereocenters. The van der Waals surface area contributed by atoms with E-state index < -0.39 is 0 Å². The lowest BCUT2D eigenvalue weighted by molar-refractivity contribution is 0.560. The van der Waals surface area contributed by atoms with Crippen LogP contribution < -0.4 is 11.4 Å². The van der Waals surface area contributed by atoms with Gasteiger partial charge in [-0.05, 0) is 34.5 Å². The molecule has 4 rings (SSSR count). The van der Waals surface area contributed by atoms with Gasteiger partial charge < -0.3 is 10.2 Å². The van der Waals surface area contributed by atoms with Gasteiger partial charge in [0.05, 0.1) is 5.69 Å². The molecular formula is C21H16N2O2S. The average Bonchev–Trinajstić information content (AvgIpc) is 2.66. The summed E-state index contributed by atoms with van der Waals surface area (Å²) in [6.07, 6.45) is 0. The second-order valence-electron chi connectivity index (χ2n) is 5.82. The number of benzene rings is 3. The molecule has 0 radical (unpaired) electrons. The SMILES string of the molecule is NC(=Nc1ccccc1)SCc1cc(=O)oc2ccc3ccccc3c12. The highest BCUT2D eigenvalue weighted by Crippen LogP contribution is 2.29. The highest BCUT2D eigenvalue weighted by molar-refractivity contribution is 8.13. The number of para-hydroxylation sites is 1. The second-order valence-corrected chi connectivity index (χ2v) is 6.82. The van der Waals surface area contributed by atoms with Crippen LogP contribution in [0.25, 0.3) is 21.7 Å². The number of rotatable bonds is 3. The Kier molecular flexibility index (Phi) is 4.46.